The molecular formula is C13H19FN4O. The summed E-state index contributed by atoms with van der Waals surface area (Å²) in [5, 5.41) is 0. The van der Waals surface area contributed by atoms with Gasteiger partial charge in [0, 0.05) is 31.9 Å². The maximum absolute atomic E-state index is 12.9. The summed E-state index contributed by atoms with van der Waals surface area (Å²) in [6.45, 7) is 3.24. The highest BCUT2D eigenvalue weighted by Gasteiger charge is 2.20. The Bertz CT molecular complexity index is 415. The normalized spacial score (nSPS) is 15.7. The highest BCUT2D eigenvalue weighted by molar-refractivity contribution is 5.78. The fourth-order valence-corrected chi connectivity index (χ4v) is 2.14. The van der Waals surface area contributed by atoms with Crippen LogP contribution in [-0.4, -0.2) is 50.6 Å². The summed E-state index contributed by atoms with van der Waals surface area (Å²) in [7, 11) is 1.74. The number of hydrogen-bond acceptors (Lipinski definition) is 4. The molecule has 1 amide bonds. The van der Waals surface area contributed by atoms with E-state index in [0.29, 0.717) is 19.6 Å². The van der Waals surface area contributed by atoms with E-state index >= 15 is 0 Å². The van der Waals surface area contributed by atoms with Gasteiger partial charge in [0.15, 0.2) is 0 Å². The number of halogens is 1. The van der Waals surface area contributed by atoms with E-state index in [-0.39, 0.29) is 11.7 Å². The number of carbonyl (C=O) groups excluding carboxylic acids is 1. The van der Waals surface area contributed by atoms with Gasteiger partial charge in [-0.3, -0.25) is 10.2 Å². The van der Waals surface area contributed by atoms with E-state index in [4.69, 9.17) is 0 Å². The average molecular weight is 266 g/mol. The van der Waals surface area contributed by atoms with Crippen LogP contribution >= 0.6 is 0 Å². The van der Waals surface area contributed by atoms with Crippen LogP contribution in [0, 0.1) is 5.82 Å². The fraction of sp³-hybridized carbons (Fsp3) is 0.462. The van der Waals surface area contributed by atoms with Crippen LogP contribution in [0.1, 0.15) is 0 Å². The van der Waals surface area contributed by atoms with Crippen LogP contribution in [-0.2, 0) is 4.79 Å². The van der Waals surface area contributed by atoms with E-state index in [1.807, 2.05) is 4.90 Å². The molecule has 0 atom stereocenters. The molecule has 1 aliphatic rings. The molecule has 1 fully saturated rings. The lowest BCUT2D eigenvalue weighted by Gasteiger charge is -2.36. The summed E-state index contributed by atoms with van der Waals surface area (Å²) in [6, 6.07) is 6.47. The number of carbonyl (C=O) groups is 1. The second kappa shape index (κ2) is 6.49. The molecule has 1 saturated heterocycles. The Morgan fingerprint density at radius 1 is 1.21 bits per heavy atom. The average Bonchev–Trinajstić information content (AvgIpc) is 2.46. The van der Waals surface area contributed by atoms with Gasteiger partial charge in [-0.2, -0.15) is 0 Å². The first kappa shape index (κ1) is 13.8. The summed E-state index contributed by atoms with van der Waals surface area (Å²) in [5.41, 5.74) is 6.53. The lowest BCUT2D eigenvalue weighted by molar-refractivity contribution is -0.130. The number of nitrogens with zero attached hydrogens (tertiary/aromatic N) is 2. The highest BCUT2D eigenvalue weighted by Crippen LogP contribution is 2.16. The Labute approximate surface area is 112 Å². The monoisotopic (exact) mass is 266 g/mol. The van der Waals surface area contributed by atoms with E-state index in [1.165, 1.54) is 12.1 Å². The molecule has 5 nitrogen and oxygen atoms in total. The van der Waals surface area contributed by atoms with Gasteiger partial charge in [-0.15, -0.1) is 0 Å². The Balaban J connectivity index is 1.85. The topological polar surface area (TPSA) is 47.6 Å². The summed E-state index contributed by atoms with van der Waals surface area (Å²) >= 11 is 0. The number of amides is 1. The molecule has 1 aromatic rings. The molecule has 0 spiro atoms. The molecule has 0 aromatic heterocycles. The van der Waals surface area contributed by atoms with Crippen LogP contribution in [0.4, 0.5) is 10.1 Å². The Kier molecular flexibility index (Phi) is 4.70. The number of hydrazine groups is 1. The summed E-state index contributed by atoms with van der Waals surface area (Å²) in [5.74, 6) is -0.135. The van der Waals surface area contributed by atoms with E-state index < -0.39 is 0 Å². The number of anilines is 1. The molecule has 0 unspecified atom stereocenters. The van der Waals surface area contributed by atoms with E-state index in [9.17, 15) is 9.18 Å². The zero-order chi connectivity index (χ0) is 13.7. The lowest BCUT2D eigenvalue weighted by Crippen LogP contribution is -2.51. The van der Waals surface area contributed by atoms with Gasteiger partial charge in [0.25, 0.3) is 0 Å². The zero-order valence-electron chi connectivity index (χ0n) is 11.0. The minimum Gasteiger partial charge on any atom is -0.368 e. The number of nitrogens with one attached hydrogen (secondary N) is 2. The molecule has 6 heteroatoms. The van der Waals surface area contributed by atoms with Gasteiger partial charge in [-0.1, -0.05) is 0 Å². The predicted octanol–water partition coefficient (Wildman–Crippen LogP) is 0.198. The third-order valence-corrected chi connectivity index (χ3v) is 3.24. The molecule has 1 aliphatic heterocycles. The molecule has 1 heterocycles. The molecule has 19 heavy (non-hydrogen) atoms. The SMILES string of the molecule is CNNCC(=O)N1CCN(c2ccc(F)cc2)CC1. The van der Waals surface area contributed by atoms with Crippen molar-refractivity contribution in [2.24, 2.45) is 0 Å². The van der Waals surface area contributed by atoms with Gasteiger partial charge in [0.05, 0.1) is 6.54 Å². The first-order valence-corrected chi connectivity index (χ1v) is 6.38. The molecule has 0 aliphatic carbocycles. The van der Waals surface area contributed by atoms with E-state index in [0.717, 1.165) is 18.8 Å². The predicted molar refractivity (Wildman–Crippen MR) is 72.3 cm³/mol. The van der Waals surface area contributed by atoms with Crippen LogP contribution in [0.5, 0.6) is 0 Å². The molecule has 0 radical (unpaired) electrons. The standard InChI is InChI=1S/C13H19FN4O/c1-15-16-10-13(19)18-8-6-17(7-9-18)12-4-2-11(14)3-5-12/h2-5,15-16H,6-10H2,1H3. The van der Waals surface area contributed by atoms with Crippen molar-refractivity contribution in [3.63, 3.8) is 0 Å². The van der Waals surface area contributed by atoms with Crippen LogP contribution in [0.2, 0.25) is 0 Å². The maximum atomic E-state index is 12.9. The minimum atomic E-state index is -0.226. The van der Waals surface area contributed by atoms with Gasteiger partial charge in [0.1, 0.15) is 5.82 Å². The maximum Gasteiger partial charge on any atom is 0.238 e. The van der Waals surface area contributed by atoms with Crippen molar-refractivity contribution in [1.82, 2.24) is 15.8 Å². The molecular weight excluding hydrogens is 247 g/mol. The van der Waals surface area contributed by atoms with Crippen LogP contribution in [0.3, 0.4) is 0 Å². The Morgan fingerprint density at radius 2 is 1.84 bits per heavy atom. The highest BCUT2D eigenvalue weighted by atomic mass is 19.1. The van der Waals surface area contributed by atoms with Gasteiger partial charge < -0.3 is 9.80 Å². The number of benzene rings is 1. The van der Waals surface area contributed by atoms with Crippen molar-refractivity contribution in [2.45, 2.75) is 0 Å². The third kappa shape index (κ3) is 3.65. The Hall–Kier alpha value is -1.66. The van der Waals surface area contributed by atoms with Crippen molar-refractivity contribution in [3.8, 4) is 0 Å². The quantitative estimate of drug-likeness (QED) is 0.764. The van der Waals surface area contributed by atoms with Gasteiger partial charge >= 0.3 is 0 Å². The van der Waals surface area contributed by atoms with Gasteiger partial charge in [-0.25, -0.2) is 9.82 Å². The zero-order valence-corrected chi connectivity index (χ0v) is 11.0. The van der Waals surface area contributed by atoms with Crippen molar-refractivity contribution >= 4 is 11.6 Å². The molecule has 0 bridgehead atoms. The van der Waals surface area contributed by atoms with Crippen LogP contribution in [0.15, 0.2) is 24.3 Å². The second-order valence-corrected chi connectivity index (χ2v) is 4.45. The number of piperazine rings is 1. The first-order chi connectivity index (χ1) is 9.20. The summed E-state index contributed by atoms with van der Waals surface area (Å²) < 4.78 is 12.9. The van der Waals surface area contributed by atoms with Crippen LogP contribution < -0.4 is 15.8 Å². The smallest absolute Gasteiger partial charge is 0.238 e. The minimum absolute atomic E-state index is 0.0908. The van der Waals surface area contributed by atoms with E-state index in [1.54, 1.807) is 19.2 Å². The first-order valence-electron chi connectivity index (χ1n) is 6.38. The fourth-order valence-electron chi connectivity index (χ4n) is 2.14. The number of rotatable bonds is 4. The van der Waals surface area contributed by atoms with E-state index in [2.05, 4.69) is 15.8 Å². The van der Waals surface area contributed by atoms with Gasteiger partial charge in [-0.05, 0) is 31.3 Å². The molecule has 1 aromatic carbocycles. The number of hydrogen-bond donors (Lipinski definition) is 2. The molecule has 104 valence electrons. The van der Waals surface area contributed by atoms with Crippen molar-refractivity contribution < 1.29 is 9.18 Å². The van der Waals surface area contributed by atoms with Crippen molar-refractivity contribution in [1.29, 1.82) is 0 Å². The van der Waals surface area contributed by atoms with Crippen LogP contribution in [0.25, 0.3) is 0 Å². The lowest BCUT2D eigenvalue weighted by atomic mass is 10.2. The van der Waals surface area contributed by atoms with Gasteiger partial charge in [0.2, 0.25) is 5.91 Å². The van der Waals surface area contributed by atoms with Crippen molar-refractivity contribution in [3.05, 3.63) is 30.1 Å². The summed E-state index contributed by atoms with van der Waals surface area (Å²) in [6.07, 6.45) is 0. The Morgan fingerprint density at radius 3 is 2.42 bits per heavy atom. The molecule has 2 N–H and O–H groups in total. The largest absolute Gasteiger partial charge is 0.368 e. The molecule has 0 saturated carbocycles. The van der Waals surface area contributed by atoms with Crippen molar-refractivity contribution in [2.75, 3.05) is 44.7 Å². The molecule has 2 rings (SSSR count). The summed E-state index contributed by atoms with van der Waals surface area (Å²) in [4.78, 5) is 15.8. The third-order valence-electron chi connectivity index (χ3n) is 3.24. The second-order valence-electron chi connectivity index (χ2n) is 4.45.